The van der Waals surface area contributed by atoms with Gasteiger partial charge in [-0.2, -0.15) is 0 Å². The molecule has 0 atom stereocenters. The predicted molar refractivity (Wildman–Crippen MR) is 39.2 cm³/mol. The van der Waals surface area contributed by atoms with Crippen molar-refractivity contribution in [1.82, 2.24) is 0 Å². The normalized spacial score (nSPS) is 3.27. The van der Waals surface area contributed by atoms with Gasteiger partial charge in [-0.1, -0.05) is 0 Å². The van der Waals surface area contributed by atoms with Crippen LogP contribution in [0.1, 0.15) is 0 Å². The van der Waals surface area contributed by atoms with Gasteiger partial charge in [0.15, 0.2) is 0 Å². The Balaban J connectivity index is -0.00000000214. The second-order valence-corrected chi connectivity index (χ2v) is 6.49. The maximum absolute atomic E-state index is 4.93. The van der Waals surface area contributed by atoms with Crippen LogP contribution in [0.15, 0.2) is 0 Å². The van der Waals surface area contributed by atoms with E-state index in [1.165, 1.54) is 0 Å². The van der Waals surface area contributed by atoms with Gasteiger partial charge in [0.05, 0.1) is 0 Å². The number of hydrogen-bond acceptors (Lipinski definition) is 0. The van der Waals surface area contributed by atoms with Crippen molar-refractivity contribution in [2.24, 2.45) is 0 Å². The predicted octanol–water partition coefficient (Wildman–Crippen LogP) is -2.88. The quantitative estimate of drug-likeness (QED) is 0.413. The van der Waals surface area contributed by atoms with Gasteiger partial charge in [-0.15, -0.1) is 0 Å². The van der Waals surface area contributed by atoms with Crippen LogP contribution in [-0.4, -0.2) is 32.9 Å². The molecule has 0 rings (SSSR count). The molecule has 0 amide bonds. The third kappa shape index (κ3) is 387. The van der Waals surface area contributed by atoms with Crippen LogP contribution in [0.4, 0.5) is 0 Å². The molecule has 6 nitrogen and oxygen atoms in total. The van der Waals surface area contributed by atoms with Gasteiger partial charge in [0.2, 0.25) is 0 Å². The number of rotatable bonds is 0. The zero-order chi connectivity index (χ0) is 3.58. The van der Waals surface area contributed by atoms with E-state index in [0.29, 0.717) is 0 Å². The van der Waals surface area contributed by atoms with Crippen molar-refractivity contribution >= 4 is 30.1 Å². The summed E-state index contributed by atoms with van der Waals surface area (Å²) in [5.74, 6) is 0. The zero-order valence-corrected chi connectivity index (χ0v) is 9.33. The first-order valence-corrected chi connectivity index (χ1v) is 5.73. The van der Waals surface area contributed by atoms with Crippen molar-refractivity contribution < 1.29 is 61.3 Å². The van der Waals surface area contributed by atoms with Crippen molar-refractivity contribution in [3.8, 4) is 0 Å². The van der Waals surface area contributed by atoms with E-state index in [-0.39, 0.29) is 49.9 Å². The molecule has 0 heterocycles. The van der Waals surface area contributed by atoms with Gasteiger partial charge >= 0.3 is 41.5 Å². The topological polar surface area (TPSA) is 189 Å². The van der Waals surface area contributed by atoms with E-state index in [4.69, 9.17) is 30.1 Å². The molecule has 11 heavy (non-hydrogen) atoms. The van der Waals surface area contributed by atoms with Crippen LogP contribution in [-0.2, 0) is 28.5 Å². The molecule has 86 valence electrons. The summed E-state index contributed by atoms with van der Waals surface area (Å²) >= 11 is -1.62. The van der Waals surface area contributed by atoms with Crippen LogP contribution in [0.2, 0.25) is 0 Å². The molecule has 0 aromatic rings. The van der Waals surface area contributed by atoms with E-state index < -0.39 is 11.4 Å². The Hall–Kier alpha value is 1.68. The van der Waals surface area contributed by atoms with Gasteiger partial charge in [0, 0.05) is 17.1 Å². The molecular weight excluding hydrogens is 318 g/mol. The van der Waals surface area contributed by atoms with E-state index in [1.807, 2.05) is 0 Å². The van der Waals surface area contributed by atoms with Gasteiger partial charge in [-0.05, 0) is 0 Å². The standard InChI is InChI=1S/3ClH.Cr.Cu.6H2O/h3*1H;;;6*1H2/q;;;+3;;;;;;;/p-3. The van der Waals surface area contributed by atoms with Gasteiger partial charge < -0.3 is 32.9 Å². The monoisotopic (exact) mass is 328 g/mol. The largest absolute Gasteiger partial charge is 0 e. The van der Waals surface area contributed by atoms with Gasteiger partial charge in [-0.25, -0.2) is 0 Å². The molecule has 0 aliphatic carbocycles. The van der Waals surface area contributed by atoms with Crippen molar-refractivity contribution in [2.45, 2.75) is 0 Å². The van der Waals surface area contributed by atoms with Crippen LogP contribution in [0.3, 0.4) is 0 Å². The minimum Gasteiger partial charge on any atom is 0 e. The summed E-state index contributed by atoms with van der Waals surface area (Å²) in [6, 6.07) is 0. The molecule has 12 N–H and O–H groups in total. The number of hydrogen-bond donors (Lipinski definition) is 0. The second kappa shape index (κ2) is 60.8. The third-order valence-electron chi connectivity index (χ3n) is 0. The van der Waals surface area contributed by atoms with Crippen molar-refractivity contribution in [1.29, 1.82) is 0 Å². The van der Waals surface area contributed by atoms with E-state index >= 15 is 0 Å². The summed E-state index contributed by atoms with van der Waals surface area (Å²) in [4.78, 5) is 0. The average molecular weight is 330 g/mol. The Morgan fingerprint density at radius 3 is 0.545 bits per heavy atom. The summed E-state index contributed by atoms with van der Waals surface area (Å²) in [5, 5.41) is 0. The van der Waals surface area contributed by atoms with Crippen LogP contribution in [0.25, 0.3) is 0 Å². The van der Waals surface area contributed by atoms with E-state index in [9.17, 15) is 0 Å². The molecule has 0 aromatic carbocycles. The molecule has 0 fully saturated rings. The molecule has 0 saturated heterocycles. The fourth-order valence-electron chi connectivity index (χ4n) is 0. The van der Waals surface area contributed by atoms with Gasteiger partial charge in [-0.3, -0.25) is 0 Å². The van der Waals surface area contributed by atoms with Crippen LogP contribution >= 0.6 is 30.1 Å². The Morgan fingerprint density at radius 2 is 0.545 bits per heavy atom. The van der Waals surface area contributed by atoms with Crippen molar-refractivity contribution in [2.75, 3.05) is 0 Å². The zero-order valence-electron chi connectivity index (χ0n) is 4.84. The first-order chi connectivity index (χ1) is 1.73. The first-order valence-electron chi connectivity index (χ1n) is 0.463. The molecule has 11 heteroatoms. The van der Waals surface area contributed by atoms with Crippen LogP contribution in [0.5, 0.6) is 0 Å². The van der Waals surface area contributed by atoms with E-state index in [0.717, 1.165) is 0 Å². The summed E-state index contributed by atoms with van der Waals surface area (Å²) in [7, 11) is 14.8. The molecule has 0 bridgehead atoms. The molecular formula is H12Cl3CrCuO6. The summed E-state index contributed by atoms with van der Waals surface area (Å²) in [5.41, 5.74) is 0. The molecule has 0 aromatic heterocycles. The molecule has 1 radical (unpaired) electrons. The van der Waals surface area contributed by atoms with Crippen molar-refractivity contribution in [3.63, 3.8) is 0 Å². The molecule has 0 saturated carbocycles. The summed E-state index contributed by atoms with van der Waals surface area (Å²) in [6.45, 7) is 0. The molecule has 0 unspecified atom stereocenters. The second-order valence-electron chi connectivity index (χ2n) is 0.175. The van der Waals surface area contributed by atoms with E-state index in [1.54, 1.807) is 0 Å². The Bertz CT molecular complexity index is 22.5. The minimum atomic E-state index is -1.62. The fraction of sp³-hybridized carbons (Fsp3) is 0. The van der Waals surface area contributed by atoms with Crippen LogP contribution in [0, 0.1) is 0 Å². The summed E-state index contributed by atoms with van der Waals surface area (Å²) < 4.78 is 0. The summed E-state index contributed by atoms with van der Waals surface area (Å²) in [6.07, 6.45) is 0. The SMILES string of the molecule is O.O.O.O.O.O.[Cl][Cr]([Cl])[Cl].[Cu]. The molecule has 0 spiro atoms. The average Bonchev–Trinajstić information content (AvgIpc) is 0.811. The van der Waals surface area contributed by atoms with Gasteiger partial charge in [0.25, 0.3) is 0 Å². The van der Waals surface area contributed by atoms with E-state index in [2.05, 4.69) is 0 Å². The first kappa shape index (κ1) is 79.0. The maximum atomic E-state index is 4.93. The smallest absolute Gasteiger partial charge is 0 e. The molecule has 0 aliphatic heterocycles. The third-order valence-corrected chi connectivity index (χ3v) is 0. The maximum Gasteiger partial charge on any atom is 0 e. The number of halogens is 3. The fourth-order valence-corrected chi connectivity index (χ4v) is 0. The minimum absolute atomic E-state index is 0. The van der Waals surface area contributed by atoms with Gasteiger partial charge in [0.1, 0.15) is 0 Å². The Morgan fingerprint density at radius 1 is 0.545 bits per heavy atom. The molecule has 0 aliphatic rings. The van der Waals surface area contributed by atoms with Crippen LogP contribution < -0.4 is 0 Å². The Labute approximate surface area is 91.1 Å². The Kier molecular flexibility index (Phi) is 436. The van der Waals surface area contributed by atoms with Crippen molar-refractivity contribution in [3.05, 3.63) is 0 Å².